The summed E-state index contributed by atoms with van der Waals surface area (Å²) in [5.74, 6) is 1.53. The number of nitrogens with one attached hydrogen (secondary N) is 1. The molecule has 6 nitrogen and oxygen atoms in total. The summed E-state index contributed by atoms with van der Waals surface area (Å²) in [6.45, 7) is 4.57. The molecule has 0 aromatic heterocycles. The SMILES string of the molecule is CCCOc1ccccc1C1CC(=O)C2=C(C1)Nc1ccccc1N(C(=O)CC)C2c1ccc(OC)cc1. The van der Waals surface area contributed by atoms with Gasteiger partial charge in [0, 0.05) is 30.0 Å². The van der Waals surface area contributed by atoms with Gasteiger partial charge in [-0.3, -0.25) is 14.5 Å². The minimum atomic E-state index is -0.542. The van der Waals surface area contributed by atoms with Gasteiger partial charge in [0.1, 0.15) is 11.5 Å². The number of amides is 1. The summed E-state index contributed by atoms with van der Waals surface area (Å²) in [5, 5.41) is 3.58. The Labute approximate surface area is 224 Å². The van der Waals surface area contributed by atoms with Gasteiger partial charge in [0.15, 0.2) is 5.78 Å². The highest BCUT2D eigenvalue weighted by Crippen LogP contribution is 2.48. The van der Waals surface area contributed by atoms with Gasteiger partial charge < -0.3 is 14.8 Å². The molecule has 3 aromatic carbocycles. The number of hydrogen-bond donors (Lipinski definition) is 1. The molecule has 0 fully saturated rings. The number of methoxy groups -OCH3 is 1. The van der Waals surface area contributed by atoms with Gasteiger partial charge in [-0.15, -0.1) is 0 Å². The van der Waals surface area contributed by atoms with Gasteiger partial charge in [-0.2, -0.15) is 0 Å². The number of benzene rings is 3. The Balaban J connectivity index is 1.66. The fourth-order valence-corrected chi connectivity index (χ4v) is 5.52. The fourth-order valence-electron chi connectivity index (χ4n) is 5.52. The van der Waals surface area contributed by atoms with Gasteiger partial charge in [0.05, 0.1) is 31.1 Å². The van der Waals surface area contributed by atoms with Crippen molar-refractivity contribution in [1.82, 2.24) is 0 Å². The van der Waals surface area contributed by atoms with Crippen LogP contribution < -0.4 is 19.7 Å². The lowest BCUT2D eigenvalue weighted by atomic mass is 9.78. The third-order valence-electron chi connectivity index (χ3n) is 7.31. The first-order chi connectivity index (χ1) is 18.5. The highest BCUT2D eigenvalue weighted by Gasteiger charge is 2.41. The molecule has 0 spiro atoms. The molecule has 1 N–H and O–H groups in total. The van der Waals surface area contributed by atoms with E-state index in [2.05, 4.69) is 18.3 Å². The minimum absolute atomic E-state index is 0.0288. The van der Waals surface area contributed by atoms with Crippen molar-refractivity contribution in [3.8, 4) is 11.5 Å². The van der Waals surface area contributed by atoms with E-state index in [1.165, 1.54) is 0 Å². The molecule has 6 heteroatoms. The van der Waals surface area contributed by atoms with E-state index in [0.29, 0.717) is 31.4 Å². The molecule has 0 bridgehead atoms. The molecule has 0 saturated carbocycles. The van der Waals surface area contributed by atoms with Crippen LogP contribution in [0.25, 0.3) is 0 Å². The number of rotatable bonds is 7. The van der Waals surface area contributed by atoms with E-state index in [4.69, 9.17) is 9.47 Å². The number of carbonyl (C=O) groups is 2. The van der Waals surface area contributed by atoms with Crippen molar-refractivity contribution in [1.29, 1.82) is 0 Å². The zero-order valence-electron chi connectivity index (χ0n) is 22.2. The summed E-state index contributed by atoms with van der Waals surface area (Å²) in [6.07, 6.45) is 2.23. The number of ketones is 1. The minimum Gasteiger partial charge on any atom is -0.497 e. The highest BCUT2D eigenvalue weighted by atomic mass is 16.5. The molecule has 2 atom stereocenters. The first-order valence-corrected chi connectivity index (χ1v) is 13.4. The number of para-hydroxylation sites is 3. The molecule has 1 aliphatic carbocycles. The smallest absolute Gasteiger partial charge is 0.227 e. The molecule has 0 saturated heterocycles. The summed E-state index contributed by atoms with van der Waals surface area (Å²) in [4.78, 5) is 29.4. The molecule has 0 radical (unpaired) electrons. The van der Waals surface area contributed by atoms with E-state index < -0.39 is 6.04 Å². The maximum Gasteiger partial charge on any atom is 0.227 e. The molecular weight excluding hydrogens is 476 g/mol. The number of carbonyl (C=O) groups excluding carboxylic acids is 2. The lowest BCUT2D eigenvalue weighted by Gasteiger charge is -2.35. The molecule has 5 rings (SSSR count). The van der Waals surface area contributed by atoms with E-state index in [1.807, 2.05) is 73.7 Å². The zero-order valence-corrected chi connectivity index (χ0v) is 22.2. The van der Waals surface area contributed by atoms with Crippen molar-refractivity contribution in [3.63, 3.8) is 0 Å². The number of anilines is 2. The Morgan fingerprint density at radius 3 is 2.45 bits per heavy atom. The number of ether oxygens (including phenoxy) is 2. The number of nitrogens with zero attached hydrogens (tertiary/aromatic N) is 1. The lowest BCUT2D eigenvalue weighted by molar-refractivity contribution is -0.119. The Hall–Kier alpha value is -4.06. The van der Waals surface area contributed by atoms with Crippen LogP contribution in [0.15, 0.2) is 84.1 Å². The van der Waals surface area contributed by atoms with E-state index in [0.717, 1.165) is 46.1 Å². The summed E-state index contributed by atoms with van der Waals surface area (Å²) in [6, 6.07) is 22.9. The molecule has 1 amide bonds. The van der Waals surface area contributed by atoms with Crippen LogP contribution in [0.1, 0.15) is 62.6 Å². The Morgan fingerprint density at radius 1 is 0.974 bits per heavy atom. The Kier molecular flexibility index (Phi) is 7.50. The van der Waals surface area contributed by atoms with Crippen LogP contribution in [0.2, 0.25) is 0 Å². The number of fused-ring (bicyclic) bond motifs is 1. The van der Waals surface area contributed by atoms with Crippen molar-refractivity contribution in [2.75, 3.05) is 23.9 Å². The standard InChI is InChI=1S/C32H34N2O4/c1-4-18-38-29-13-9-6-10-24(29)22-19-26-31(28(35)20-22)32(21-14-16-23(37-3)17-15-21)34(30(36)5-2)27-12-8-7-11-25(27)33-26/h6-17,22,32-33H,4-5,18-20H2,1-3H3. The predicted octanol–water partition coefficient (Wildman–Crippen LogP) is 6.79. The van der Waals surface area contributed by atoms with Crippen molar-refractivity contribution < 1.29 is 19.1 Å². The van der Waals surface area contributed by atoms with Crippen molar-refractivity contribution in [3.05, 3.63) is 95.2 Å². The molecule has 2 unspecified atom stereocenters. The topological polar surface area (TPSA) is 67.9 Å². The largest absolute Gasteiger partial charge is 0.497 e. The van der Waals surface area contributed by atoms with E-state index in [1.54, 1.807) is 12.0 Å². The summed E-state index contributed by atoms with van der Waals surface area (Å²) >= 11 is 0. The molecule has 2 aliphatic rings. The molecule has 196 valence electrons. The maximum atomic E-state index is 14.1. The normalized spacial score (nSPS) is 18.7. The van der Waals surface area contributed by atoms with Crippen LogP contribution in [-0.2, 0) is 9.59 Å². The molecule has 38 heavy (non-hydrogen) atoms. The predicted molar refractivity (Wildman–Crippen MR) is 150 cm³/mol. The Bertz CT molecular complexity index is 1360. The number of allylic oxidation sites excluding steroid dienone is 1. The first kappa shape index (κ1) is 25.6. The summed E-state index contributed by atoms with van der Waals surface area (Å²) in [5.41, 5.74) is 5.01. The Morgan fingerprint density at radius 2 is 1.71 bits per heavy atom. The fraction of sp³-hybridized carbons (Fsp3) is 0.312. The van der Waals surface area contributed by atoms with Gasteiger partial charge in [-0.25, -0.2) is 0 Å². The van der Waals surface area contributed by atoms with Crippen LogP contribution >= 0.6 is 0 Å². The molecule has 3 aromatic rings. The number of Topliss-reactive ketones (excluding diaryl/α,β-unsaturated/α-hetero) is 1. The second-order valence-electron chi connectivity index (χ2n) is 9.74. The van der Waals surface area contributed by atoms with Crippen molar-refractivity contribution in [2.24, 2.45) is 0 Å². The second kappa shape index (κ2) is 11.1. The van der Waals surface area contributed by atoms with Crippen LogP contribution in [0.3, 0.4) is 0 Å². The quantitative estimate of drug-likeness (QED) is 0.379. The van der Waals surface area contributed by atoms with Crippen LogP contribution in [0.5, 0.6) is 11.5 Å². The van der Waals surface area contributed by atoms with Crippen molar-refractivity contribution in [2.45, 2.75) is 51.5 Å². The zero-order chi connectivity index (χ0) is 26.6. The van der Waals surface area contributed by atoms with E-state index in [-0.39, 0.29) is 17.6 Å². The third-order valence-corrected chi connectivity index (χ3v) is 7.31. The monoisotopic (exact) mass is 510 g/mol. The maximum absolute atomic E-state index is 14.1. The molecular formula is C32H34N2O4. The highest BCUT2D eigenvalue weighted by molar-refractivity contribution is 6.06. The van der Waals surface area contributed by atoms with Gasteiger partial charge >= 0.3 is 0 Å². The lowest BCUT2D eigenvalue weighted by Crippen LogP contribution is -2.38. The van der Waals surface area contributed by atoms with Gasteiger partial charge in [-0.05, 0) is 54.3 Å². The van der Waals surface area contributed by atoms with Crippen LogP contribution in [-0.4, -0.2) is 25.4 Å². The van der Waals surface area contributed by atoms with Gasteiger partial charge in [0.25, 0.3) is 0 Å². The number of hydrogen-bond acceptors (Lipinski definition) is 5. The van der Waals surface area contributed by atoms with Crippen LogP contribution in [0, 0.1) is 0 Å². The van der Waals surface area contributed by atoms with Gasteiger partial charge in [-0.1, -0.05) is 56.3 Å². The average molecular weight is 511 g/mol. The first-order valence-electron chi connectivity index (χ1n) is 13.4. The van der Waals surface area contributed by atoms with Crippen LogP contribution in [0.4, 0.5) is 11.4 Å². The molecule has 1 aliphatic heterocycles. The second-order valence-corrected chi connectivity index (χ2v) is 9.74. The van der Waals surface area contributed by atoms with E-state index in [9.17, 15) is 9.59 Å². The van der Waals surface area contributed by atoms with Gasteiger partial charge in [0.2, 0.25) is 5.91 Å². The average Bonchev–Trinajstić information content (AvgIpc) is 3.10. The third kappa shape index (κ3) is 4.78. The summed E-state index contributed by atoms with van der Waals surface area (Å²) < 4.78 is 11.4. The molecule has 1 heterocycles. The summed E-state index contributed by atoms with van der Waals surface area (Å²) in [7, 11) is 1.63. The van der Waals surface area contributed by atoms with E-state index >= 15 is 0 Å². The van der Waals surface area contributed by atoms with Crippen molar-refractivity contribution >= 4 is 23.1 Å².